The summed E-state index contributed by atoms with van der Waals surface area (Å²) in [5, 5.41) is 3.07. The summed E-state index contributed by atoms with van der Waals surface area (Å²) >= 11 is 1.69. The molecule has 27 heavy (non-hydrogen) atoms. The number of rotatable bonds is 6. The topological polar surface area (TPSA) is 37.3 Å². The standard InChI is InChI=1S/C21H24FN3OS/c1-15-12-18-20(27-15)13-19(21(26)23-8-11-24-9-2-3-10-24)25(18)14-16-4-6-17(22)7-5-16/h4-7,12-13H,2-3,8-11,14H2,1H3,(H,23,26). The Hall–Kier alpha value is -2.18. The molecule has 1 fully saturated rings. The van der Waals surface area contributed by atoms with E-state index in [0.29, 0.717) is 18.8 Å². The van der Waals surface area contributed by atoms with Crippen molar-refractivity contribution in [3.8, 4) is 0 Å². The van der Waals surface area contributed by atoms with Crippen LogP contribution in [0, 0.1) is 12.7 Å². The molecule has 3 heterocycles. The summed E-state index contributed by atoms with van der Waals surface area (Å²) in [6, 6.07) is 10.6. The number of likely N-dealkylation sites (tertiary alicyclic amines) is 1. The minimum absolute atomic E-state index is 0.0441. The van der Waals surface area contributed by atoms with E-state index in [1.807, 2.05) is 10.6 Å². The van der Waals surface area contributed by atoms with Crippen molar-refractivity contribution in [1.29, 1.82) is 0 Å². The minimum atomic E-state index is -0.248. The highest BCUT2D eigenvalue weighted by atomic mass is 32.1. The van der Waals surface area contributed by atoms with Crippen molar-refractivity contribution in [2.24, 2.45) is 0 Å². The smallest absolute Gasteiger partial charge is 0.268 e. The SMILES string of the molecule is Cc1cc2c(cc(C(=O)NCCN3CCCC3)n2Cc2ccc(F)cc2)s1. The summed E-state index contributed by atoms with van der Waals surface area (Å²) in [6.07, 6.45) is 2.51. The van der Waals surface area contributed by atoms with E-state index < -0.39 is 0 Å². The number of aromatic nitrogens is 1. The van der Waals surface area contributed by atoms with Gasteiger partial charge >= 0.3 is 0 Å². The third-order valence-electron chi connectivity index (χ3n) is 5.11. The maximum atomic E-state index is 13.2. The molecular weight excluding hydrogens is 361 g/mol. The second-order valence-corrected chi connectivity index (χ2v) is 8.44. The summed E-state index contributed by atoms with van der Waals surface area (Å²) in [6.45, 7) is 6.44. The fourth-order valence-electron chi connectivity index (χ4n) is 3.72. The predicted octanol–water partition coefficient (Wildman–Crippen LogP) is 4.02. The lowest BCUT2D eigenvalue weighted by atomic mass is 10.2. The van der Waals surface area contributed by atoms with Gasteiger partial charge in [-0.25, -0.2) is 4.39 Å². The largest absolute Gasteiger partial charge is 0.349 e. The van der Waals surface area contributed by atoms with Crippen LogP contribution in [0.1, 0.15) is 33.8 Å². The first-order valence-electron chi connectivity index (χ1n) is 9.45. The van der Waals surface area contributed by atoms with Crippen LogP contribution in [-0.4, -0.2) is 41.6 Å². The highest BCUT2D eigenvalue weighted by Gasteiger charge is 2.18. The maximum absolute atomic E-state index is 13.2. The van der Waals surface area contributed by atoms with Crippen molar-refractivity contribution in [2.75, 3.05) is 26.2 Å². The zero-order valence-electron chi connectivity index (χ0n) is 15.5. The number of benzene rings is 1. The van der Waals surface area contributed by atoms with Crippen molar-refractivity contribution in [2.45, 2.75) is 26.3 Å². The predicted molar refractivity (Wildman–Crippen MR) is 108 cm³/mol. The zero-order valence-corrected chi connectivity index (χ0v) is 16.3. The first kappa shape index (κ1) is 18.2. The van der Waals surface area contributed by atoms with Crippen LogP contribution in [0.3, 0.4) is 0 Å². The molecule has 0 radical (unpaired) electrons. The van der Waals surface area contributed by atoms with Crippen molar-refractivity contribution in [1.82, 2.24) is 14.8 Å². The van der Waals surface area contributed by atoms with Gasteiger partial charge in [-0.15, -0.1) is 11.3 Å². The summed E-state index contributed by atoms with van der Waals surface area (Å²) in [5.41, 5.74) is 2.71. The fraction of sp³-hybridized carbons (Fsp3) is 0.381. The molecule has 2 aromatic heterocycles. The summed E-state index contributed by atoms with van der Waals surface area (Å²) < 4.78 is 16.4. The molecule has 6 heteroatoms. The number of hydrogen-bond acceptors (Lipinski definition) is 3. The molecule has 0 aliphatic carbocycles. The maximum Gasteiger partial charge on any atom is 0.268 e. The van der Waals surface area contributed by atoms with E-state index >= 15 is 0 Å². The van der Waals surface area contributed by atoms with Crippen LogP contribution in [0.25, 0.3) is 10.2 Å². The molecule has 0 saturated carbocycles. The molecule has 1 amide bonds. The lowest BCUT2D eigenvalue weighted by Gasteiger charge is -2.15. The lowest BCUT2D eigenvalue weighted by Crippen LogP contribution is -2.34. The van der Waals surface area contributed by atoms with Gasteiger partial charge in [-0.1, -0.05) is 12.1 Å². The highest BCUT2D eigenvalue weighted by Crippen LogP contribution is 2.29. The molecule has 4 rings (SSSR count). The fourth-order valence-corrected chi connectivity index (χ4v) is 4.68. The molecule has 1 saturated heterocycles. The Kier molecular flexibility index (Phi) is 5.27. The van der Waals surface area contributed by atoms with Gasteiger partial charge in [0.2, 0.25) is 0 Å². The van der Waals surface area contributed by atoms with Gasteiger partial charge in [-0.3, -0.25) is 4.79 Å². The van der Waals surface area contributed by atoms with Gasteiger partial charge in [0.15, 0.2) is 0 Å². The molecule has 0 atom stereocenters. The average Bonchev–Trinajstić information content (AvgIpc) is 3.35. The molecule has 3 aromatic rings. The van der Waals surface area contributed by atoms with Gasteiger partial charge in [0.1, 0.15) is 11.5 Å². The van der Waals surface area contributed by atoms with Crippen molar-refractivity contribution in [3.05, 3.63) is 58.3 Å². The molecule has 1 aromatic carbocycles. The second-order valence-electron chi connectivity index (χ2n) is 7.15. The molecule has 1 aliphatic heterocycles. The van der Waals surface area contributed by atoms with Crippen molar-refractivity contribution < 1.29 is 9.18 Å². The molecule has 142 valence electrons. The monoisotopic (exact) mass is 385 g/mol. The minimum Gasteiger partial charge on any atom is -0.349 e. The van der Waals surface area contributed by atoms with Gasteiger partial charge in [0.05, 0.1) is 10.2 Å². The Morgan fingerprint density at radius 1 is 1.19 bits per heavy atom. The number of carbonyl (C=O) groups excluding carboxylic acids is 1. The van der Waals surface area contributed by atoms with E-state index in [1.54, 1.807) is 23.5 Å². The summed E-state index contributed by atoms with van der Waals surface area (Å²) in [7, 11) is 0. The number of thiophene rings is 1. The van der Waals surface area contributed by atoms with E-state index in [0.717, 1.165) is 35.4 Å². The first-order valence-corrected chi connectivity index (χ1v) is 10.3. The van der Waals surface area contributed by atoms with Gasteiger partial charge in [-0.05, 0) is 62.7 Å². The Balaban J connectivity index is 1.54. The number of halogens is 1. The van der Waals surface area contributed by atoms with Crippen LogP contribution in [0.5, 0.6) is 0 Å². The molecule has 1 aliphatic rings. The molecule has 0 spiro atoms. The quantitative estimate of drug-likeness (QED) is 0.696. The van der Waals surface area contributed by atoms with Gasteiger partial charge < -0.3 is 14.8 Å². The molecular formula is C21H24FN3OS. The average molecular weight is 386 g/mol. The van der Waals surface area contributed by atoms with Crippen molar-refractivity contribution in [3.63, 3.8) is 0 Å². The normalized spacial score (nSPS) is 14.9. The molecule has 0 unspecified atom stereocenters. The van der Waals surface area contributed by atoms with Crippen LogP contribution >= 0.6 is 11.3 Å². The number of hydrogen-bond donors (Lipinski definition) is 1. The summed E-state index contributed by atoms with van der Waals surface area (Å²) in [5.74, 6) is -0.292. The van der Waals surface area contributed by atoms with E-state index in [9.17, 15) is 9.18 Å². The third kappa shape index (κ3) is 4.06. The van der Waals surface area contributed by atoms with Crippen molar-refractivity contribution >= 4 is 27.5 Å². The number of nitrogens with zero attached hydrogens (tertiary/aromatic N) is 2. The Morgan fingerprint density at radius 3 is 2.67 bits per heavy atom. The van der Waals surface area contributed by atoms with Gasteiger partial charge in [-0.2, -0.15) is 0 Å². The number of nitrogens with one attached hydrogen (secondary N) is 1. The van der Waals surface area contributed by atoms with E-state index in [-0.39, 0.29) is 11.7 Å². The molecule has 1 N–H and O–H groups in total. The first-order chi connectivity index (χ1) is 13.1. The van der Waals surface area contributed by atoms with E-state index in [1.165, 1.54) is 29.9 Å². The summed E-state index contributed by atoms with van der Waals surface area (Å²) in [4.78, 5) is 16.4. The number of aryl methyl sites for hydroxylation is 1. The van der Waals surface area contributed by atoms with E-state index in [2.05, 4.69) is 23.2 Å². The molecule has 0 bridgehead atoms. The number of amides is 1. The van der Waals surface area contributed by atoms with E-state index in [4.69, 9.17) is 0 Å². The van der Waals surface area contributed by atoms with Crippen LogP contribution < -0.4 is 5.32 Å². The van der Waals surface area contributed by atoms with Crippen LogP contribution in [-0.2, 0) is 6.54 Å². The third-order valence-corrected chi connectivity index (χ3v) is 6.10. The Bertz CT molecular complexity index is 938. The van der Waals surface area contributed by atoms with Gasteiger partial charge in [0, 0.05) is 24.5 Å². The number of fused-ring (bicyclic) bond motifs is 1. The Labute approximate surface area is 162 Å². The molecule has 4 nitrogen and oxygen atoms in total. The van der Waals surface area contributed by atoms with Crippen LogP contribution in [0.2, 0.25) is 0 Å². The van der Waals surface area contributed by atoms with Crippen LogP contribution in [0.15, 0.2) is 36.4 Å². The number of carbonyl (C=O) groups is 1. The highest BCUT2D eigenvalue weighted by molar-refractivity contribution is 7.19. The zero-order chi connectivity index (χ0) is 18.8. The van der Waals surface area contributed by atoms with Gasteiger partial charge in [0.25, 0.3) is 5.91 Å². The Morgan fingerprint density at radius 2 is 1.93 bits per heavy atom. The second kappa shape index (κ2) is 7.82. The van der Waals surface area contributed by atoms with Crippen LogP contribution in [0.4, 0.5) is 4.39 Å². The lowest BCUT2D eigenvalue weighted by molar-refractivity contribution is 0.0941.